The fourth-order valence-electron chi connectivity index (χ4n) is 2.56. The van der Waals surface area contributed by atoms with Gasteiger partial charge in [0.2, 0.25) is 0 Å². The molecular weight excluding hydrogens is 310 g/mol. The Labute approximate surface area is 138 Å². The normalized spacial score (nSPS) is 14.1. The Kier molecular flexibility index (Phi) is 4.43. The highest BCUT2D eigenvalue weighted by molar-refractivity contribution is 6.00. The second kappa shape index (κ2) is 6.67. The van der Waals surface area contributed by atoms with Crippen LogP contribution in [-0.4, -0.2) is 40.0 Å². The molecule has 1 aliphatic heterocycles. The molecule has 0 spiro atoms. The molecule has 0 aromatic heterocycles. The summed E-state index contributed by atoms with van der Waals surface area (Å²) in [6.45, 7) is 1.00. The Morgan fingerprint density at radius 3 is 2.58 bits per heavy atom. The molecule has 2 N–H and O–H groups in total. The summed E-state index contributed by atoms with van der Waals surface area (Å²) in [5, 5.41) is 23.5. The Hall–Kier alpha value is -2.93. The summed E-state index contributed by atoms with van der Waals surface area (Å²) in [6, 6.07) is 13.8. The lowest BCUT2D eigenvalue weighted by atomic mass is 10.1. The predicted molar refractivity (Wildman–Crippen MR) is 88.8 cm³/mol. The zero-order valence-electron chi connectivity index (χ0n) is 12.9. The molecule has 1 saturated heterocycles. The van der Waals surface area contributed by atoms with Crippen molar-refractivity contribution in [3.63, 3.8) is 0 Å². The number of nitro benzene ring substituents is 1. The molecule has 0 unspecified atom stereocenters. The second-order valence-electron chi connectivity index (χ2n) is 5.69. The maximum Gasteiger partial charge on any atom is 0.270 e. The Bertz CT molecular complexity index is 758. The Balaban J connectivity index is 1.84. The van der Waals surface area contributed by atoms with Crippen LogP contribution in [0.15, 0.2) is 48.5 Å². The van der Waals surface area contributed by atoms with Crippen LogP contribution in [0.25, 0.3) is 0 Å². The van der Waals surface area contributed by atoms with Gasteiger partial charge in [0.1, 0.15) is 0 Å². The third kappa shape index (κ3) is 3.36. The lowest BCUT2D eigenvalue weighted by Crippen LogP contribution is -2.53. The largest absolute Gasteiger partial charge is 0.389 e. The summed E-state index contributed by atoms with van der Waals surface area (Å²) in [4.78, 5) is 24.5. The van der Waals surface area contributed by atoms with Crippen molar-refractivity contribution < 1.29 is 14.8 Å². The van der Waals surface area contributed by atoms with E-state index in [0.29, 0.717) is 12.2 Å². The summed E-state index contributed by atoms with van der Waals surface area (Å²) in [5.74, 6) is -0.320. The number of hydrogen-bond acceptors (Lipinski definition) is 5. The van der Waals surface area contributed by atoms with Crippen LogP contribution >= 0.6 is 0 Å². The van der Waals surface area contributed by atoms with E-state index in [1.54, 1.807) is 6.07 Å². The molecule has 0 bridgehead atoms. The molecule has 0 saturated carbocycles. The van der Waals surface area contributed by atoms with Crippen molar-refractivity contribution in [1.29, 1.82) is 0 Å². The maximum atomic E-state index is 12.5. The van der Waals surface area contributed by atoms with E-state index in [9.17, 15) is 20.0 Å². The first-order valence-electron chi connectivity index (χ1n) is 7.58. The van der Waals surface area contributed by atoms with E-state index in [2.05, 4.69) is 5.32 Å². The summed E-state index contributed by atoms with van der Waals surface area (Å²) >= 11 is 0. The highest BCUT2D eigenvalue weighted by atomic mass is 16.6. The van der Waals surface area contributed by atoms with Gasteiger partial charge >= 0.3 is 0 Å². The van der Waals surface area contributed by atoms with Gasteiger partial charge in [-0.25, -0.2) is 0 Å². The SMILES string of the molecule is O=C(c1cc([N+](=O)[O-])ccc1NCc1ccccc1)N1CC(O)C1. The quantitative estimate of drug-likeness (QED) is 0.647. The summed E-state index contributed by atoms with van der Waals surface area (Å²) in [7, 11) is 0. The third-order valence-electron chi connectivity index (χ3n) is 3.92. The van der Waals surface area contributed by atoms with Crippen LogP contribution in [0, 0.1) is 10.1 Å². The zero-order chi connectivity index (χ0) is 17.1. The molecular formula is C17H17N3O4. The number of nitrogens with one attached hydrogen (secondary N) is 1. The Morgan fingerprint density at radius 1 is 1.25 bits per heavy atom. The second-order valence-corrected chi connectivity index (χ2v) is 5.69. The van der Waals surface area contributed by atoms with Crippen LogP contribution in [0.2, 0.25) is 0 Å². The summed E-state index contributed by atoms with van der Waals surface area (Å²) in [5.41, 5.74) is 1.68. The minimum atomic E-state index is -0.525. The van der Waals surface area contributed by atoms with Gasteiger partial charge < -0.3 is 15.3 Å². The Morgan fingerprint density at radius 2 is 1.96 bits per heavy atom. The van der Waals surface area contributed by atoms with Crippen molar-refractivity contribution >= 4 is 17.3 Å². The smallest absolute Gasteiger partial charge is 0.270 e. The highest BCUT2D eigenvalue weighted by Crippen LogP contribution is 2.26. The van der Waals surface area contributed by atoms with Crippen molar-refractivity contribution in [2.24, 2.45) is 0 Å². The number of likely N-dealkylation sites (tertiary alicyclic amines) is 1. The fraction of sp³-hybridized carbons (Fsp3) is 0.235. The van der Waals surface area contributed by atoms with Gasteiger partial charge in [-0.1, -0.05) is 30.3 Å². The van der Waals surface area contributed by atoms with Crippen molar-refractivity contribution in [2.45, 2.75) is 12.6 Å². The van der Waals surface area contributed by atoms with Gasteiger partial charge in [-0.2, -0.15) is 0 Å². The number of non-ortho nitro benzene ring substituents is 1. The van der Waals surface area contributed by atoms with Crippen LogP contribution in [0.1, 0.15) is 15.9 Å². The number of hydrogen-bond donors (Lipinski definition) is 2. The van der Waals surface area contributed by atoms with Gasteiger partial charge in [0.25, 0.3) is 11.6 Å². The van der Waals surface area contributed by atoms with Crippen LogP contribution in [0.5, 0.6) is 0 Å². The number of amides is 1. The molecule has 0 atom stereocenters. The summed E-state index contributed by atoms with van der Waals surface area (Å²) in [6.07, 6.45) is -0.520. The van der Waals surface area contributed by atoms with Crippen LogP contribution in [-0.2, 0) is 6.54 Å². The lowest BCUT2D eigenvalue weighted by Gasteiger charge is -2.36. The molecule has 1 amide bonds. The van der Waals surface area contributed by atoms with E-state index in [0.717, 1.165) is 5.56 Å². The van der Waals surface area contributed by atoms with Crippen LogP contribution in [0.3, 0.4) is 0 Å². The molecule has 24 heavy (non-hydrogen) atoms. The molecule has 1 aliphatic rings. The molecule has 7 heteroatoms. The standard InChI is InChI=1S/C17H17N3O4/c21-14-10-19(11-14)17(22)15-8-13(20(23)24)6-7-16(15)18-9-12-4-2-1-3-5-12/h1-8,14,18,21H,9-11H2. The number of carbonyl (C=O) groups excluding carboxylic acids is 1. The summed E-state index contributed by atoms with van der Waals surface area (Å²) < 4.78 is 0. The first-order chi connectivity index (χ1) is 11.5. The van der Waals surface area contributed by atoms with Gasteiger partial charge in [0.15, 0.2) is 0 Å². The molecule has 0 aliphatic carbocycles. The number of aliphatic hydroxyl groups is 1. The number of rotatable bonds is 5. The fourth-order valence-corrected chi connectivity index (χ4v) is 2.56. The van der Waals surface area contributed by atoms with E-state index in [1.165, 1.54) is 17.0 Å². The van der Waals surface area contributed by atoms with Gasteiger partial charge in [-0.05, 0) is 11.6 Å². The van der Waals surface area contributed by atoms with E-state index in [1.807, 2.05) is 30.3 Å². The van der Waals surface area contributed by atoms with Crippen LogP contribution < -0.4 is 5.32 Å². The van der Waals surface area contributed by atoms with Crippen LogP contribution in [0.4, 0.5) is 11.4 Å². The van der Waals surface area contributed by atoms with Gasteiger partial charge in [-0.15, -0.1) is 0 Å². The number of nitrogens with zero attached hydrogens (tertiary/aromatic N) is 2. The molecule has 1 heterocycles. The van der Waals surface area contributed by atoms with Crippen molar-refractivity contribution in [1.82, 2.24) is 4.90 Å². The number of carbonyl (C=O) groups is 1. The van der Waals surface area contributed by atoms with E-state index in [4.69, 9.17) is 0 Å². The first-order valence-corrected chi connectivity index (χ1v) is 7.58. The first kappa shape index (κ1) is 15.9. The monoisotopic (exact) mass is 327 g/mol. The number of anilines is 1. The van der Waals surface area contributed by atoms with E-state index < -0.39 is 11.0 Å². The van der Waals surface area contributed by atoms with Crippen molar-refractivity contribution in [3.8, 4) is 0 Å². The van der Waals surface area contributed by atoms with Crippen molar-refractivity contribution in [2.75, 3.05) is 18.4 Å². The number of aliphatic hydroxyl groups excluding tert-OH is 1. The molecule has 124 valence electrons. The zero-order valence-corrected chi connectivity index (χ0v) is 12.9. The average Bonchev–Trinajstić information content (AvgIpc) is 2.57. The molecule has 0 radical (unpaired) electrons. The minimum Gasteiger partial charge on any atom is -0.389 e. The maximum absolute atomic E-state index is 12.5. The molecule has 3 rings (SSSR count). The molecule has 2 aromatic rings. The minimum absolute atomic E-state index is 0.135. The van der Waals surface area contributed by atoms with Gasteiger partial charge in [-0.3, -0.25) is 14.9 Å². The molecule has 7 nitrogen and oxygen atoms in total. The van der Waals surface area contributed by atoms with Gasteiger partial charge in [0.05, 0.1) is 16.6 Å². The van der Waals surface area contributed by atoms with Crippen molar-refractivity contribution in [3.05, 3.63) is 69.8 Å². The number of benzene rings is 2. The lowest BCUT2D eigenvalue weighted by molar-refractivity contribution is -0.384. The highest BCUT2D eigenvalue weighted by Gasteiger charge is 2.31. The molecule has 1 fully saturated rings. The van der Waals surface area contributed by atoms with E-state index in [-0.39, 0.29) is 30.2 Å². The number of nitro groups is 1. The topological polar surface area (TPSA) is 95.7 Å². The molecule has 2 aromatic carbocycles. The third-order valence-corrected chi connectivity index (χ3v) is 3.92. The van der Waals surface area contributed by atoms with Gasteiger partial charge in [0, 0.05) is 37.5 Å². The van der Waals surface area contributed by atoms with E-state index >= 15 is 0 Å². The predicted octanol–water partition coefficient (Wildman–Crippen LogP) is 2.02. The average molecular weight is 327 g/mol. The number of β-amino-alcohol motifs (C(OH)–C–C–N with tert-alkyl or cyclic N) is 1.